The van der Waals surface area contributed by atoms with Crippen LogP contribution in [0.2, 0.25) is 0 Å². The number of pyridine rings is 1. The van der Waals surface area contributed by atoms with Gasteiger partial charge in [0.25, 0.3) is 0 Å². The van der Waals surface area contributed by atoms with Crippen molar-refractivity contribution in [3.8, 4) is 33.3 Å². The van der Waals surface area contributed by atoms with Gasteiger partial charge in [0.2, 0.25) is 0 Å². The van der Waals surface area contributed by atoms with Crippen molar-refractivity contribution in [1.29, 1.82) is 0 Å². The number of nitrogens with one attached hydrogen (secondary N) is 1. The fraction of sp³-hybridized carbons (Fsp3) is 0.0625. The van der Waals surface area contributed by atoms with E-state index in [1.165, 1.54) is 5.56 Å². The molecule has 0 aliphatic carbocycles. The van der Waals surface area contributed by atoms with Crippen molar-refractivity contribution in [3.05, 3.63) is 109 Å². The van der Waals surface area contributed by atoms with Crippen LogP contribution in [0.3, 0.4) is 0 Å². The van der Waals surface area contributed by atoms with Crippen LogP contribution in [-0.4, -0.2) is 24.7 Å². The number of imidazole rings is 1. The van der Waals surface area contributed by atoms with Gasteiger partial charge in [0.1, 0.15) is 17.2 Å². The van der Waals surface area contributed by atoms with Gasteiger partial charge in [-0.15, -0.1) is 21.5 Å². The Morgan fingerprint density at radius 1 is 0.875 bits per heavy atom. The third-order valence-corrected chi connectivity index (χ3v) is 7.96. The van der Waals surface area contributed by atoms with E-state index in [0.717, 1.165) is 60.0 Å². The van der Waals surface area contributed by atoms with Crippen LogP contribution in [0.5, 0.6) is 11.5 Å². The highest BCUT2D eigenvalue weighted by Crippen LogP contribution is 2.39. The van der Waals surface area contributed by atoms with Crippen molar-refractivity contribution in [3.63, 3.8) is 0 Å². The number of hydrogen-bond acceptors (Lipinski definition) is 7. The zero-order chi connectivity index (χ0) is 27.1. The molecule has 0 saturated heterocycles. The Morgan fingerprint density at radius 3 is 2.45 bits per heavy atom. The molecule has 7 rings (SSSR count). The van der Waals surface area contributed by atoms with E-state index in [0.29, 0.717) is 5.82 Å². The topological polar surface area (TPSA) is 77.8 Å². The molecule has 3 aromatic carbocycles. The lowest BCUT2D eigenvalue weighted by Crippen LogP contribution is -1.99. The van der Waals surface area contributed by atoms with Gasteiger partial charge in [-0.25, -0.2) is 4.98 Å². The summed E-state index contributed by atoms with van der Waals surface area (Å²) in [4.78, 5) is 9.87. The average molecular weight is 541 g/mol. The van der Waals surface area contributed by atoms with Crippen molar-refractivity contribution < 1.29 is 4.74 Å². The standard InChI is InChI=1S/C32H24N6OS/c1-20-7-9-21(10-8-20)30-24-5-3-4-6-25(24)32(37-36-30)35-22-11-13-23(14-12-22)39-28-15-16-34-26-17-29(40-31(26)28)27-18-33-19-38(27)2/h3-19H,1-2H3,(H,35,37). The van der Waals surface area contributed by atoms with Crippen LogP contribution in [0.15, 0.2) is 104 Å². The summed E-state index contributed by atoms with van der Waals surface area (Å²) in [6.07, 6.45) is 5.44. The Bertz CT molecular complexity index is 1980. The van der Waals surface area contributed by atoms with E-state index in [4.69, 9.17) is 4.74 Å². The number of nitrogens with zero attached hydrogens (tertiary/aromatic N) is 5. The Balaban J connectivity index is 1.14. The van der Waals surface area contributed by atoms with E-state index < -0.39 is 0 Å². The number of hydrogen-bond donors (Lipinski definition) is 1. The summed E-state index contributed by atoms with van der Waals surface area (Å²) in [6, 6.07) is 28.4. The maximum Gasteiger partial charge on any atom is 0.161 e. The van der Waals surface area contributed by atoms with Crippen LogP contribution in [0, 0.1) is 6.92 Å². The Morgan fingerprint density at radius 2 is 1.68 bits per heavy atom. The van der Waals surface area contributed by atoms with Crippen LogP contribution in [0.25, 0.3) is 42.8 Å². The summed E-state index contributed by atoms with van der Waals surface area (Å²) in [7, 11) is 1.99. The molecule has 0 spiro atoms. The average Bonchev–Trinajstić information content (AvgIpc) is 3.61. The van der Waals surface area contributed by atoms with Crippen LogP contribution < -0.4 is 10.1 Å². The Kier molecular flexibility index (Phi) is 5.94. The zero-order valence-corrected chi connectivity index (χ0v) is 22.7. The second-order valence-electron chi connectivity index (χ2n) is 9.58. The SMILES string of the molecule is Cc1ccc(-c2nnc(Nc3ccc(Oc4ccnc5cc(-c6cncn6C)sc45)cc3)c3ccccc23)cc1. The Labute approximate surface area is 234 Å². The fourth-order valence-corrected chi connectivity index (χ4v) is 5.83. The van der Waals surface area contributed by atoms with Crippen molar-refractivity contribution in [2.45, 2.75) is 6.92 Å². The third kappa shape index (κ3) is 4.44. The molecule has 0 saturated carbocycles. The number of ether oxygens (including phenoxy) is 1. The molecule has 0 aliphatic rings. The van der Waals surface area contributed by atoms with Crippen LogP contribution in [-0.2, 0) is 7.05 Å². The molecule has 1 N–H and O–H groups in total. The molecule has 7 nitrogen and oxygen atoms in total. The summed E-state index contributed by atoms with van der Waals surface area (Å²) in [5.41, 5.74) is 5.97. The van der Waals surface area contributed by atoms with E-state index in [1.54, 1.807) is 23.9 Å². The molecule has 40 heavy (non-hydrogen) atoms. The largest absolute Gasteiger partial charge is 0.456 e. The summed E-state index contributed by atoms with van der Waals surface area (Å²) < 4.78 is 9.29. The van der Waals surface area contributed by atoms with Gasteiger partial charge < -0.3 is 14.6 Å². The third-order valence-electron chi connectivity index (χ3n) is 6.80. The second-order valence-corrected chi connectivity index (χ2v) is 10.6. The summed E-state index contributed by atoms with van der Waals surface area (Å²) in [6.45, 7) is 2.08. The minimum absolute atomic E-state index is 0.706. The molecule has 0 amide bonds. The summed E-state index contributed by atoms with van der Waals surface area (Å²) in [5, 5.41) is 14.6. The number of benzene rings is 3. The molecule has 0 radical (unpaired) electrons. The summed E-state index contributed by atoms with van der Waals surface area (Å²) >= 11 is 1.65. The van der Waals surface area contributed by atoms with Crippen molar-refractivity contribution >= 4 is 43.8 Å². The van der Waals surface area contributed by atoms with Gasteiger partial charge in [0.05, 0.1) is 33.3 Å². The molecule has 4 heterocycles. The number of fused-ring (bicyclic) bond motifs is 2. The quantitative estimate of drug-likeness (QED) is 0.229. The minimum Gasteiger partial charge on any atom is -0.456 e. The smallest absolute Gasteiger partial charge is 0.161 e. The van der Waals surface area contributed by atoms with Crippen molar-refractivity contribution in [2.24, 2.45) is 7.05 Å². The van der Waals surface area contributed by atoms with Gasteiger partial charge >= 0.3 is 0 Å². The molecule has 0 unspecified atom stereocenters. The van der Waals surface area contributed by atoms with E-state index in [9.17, 15) is 0 Å². The molecule has 0 aliphatic heterocycles. The predicted octanol–water partition coefficient (Wildman–Crippen LogP) is 8.15. The van der Waals surface area contributed by atoms with E-state index in [1.807, 2.05) is 60.3 Å². The lowest BCUT2D eigenvalue weighted by Gasteiger charge is -2.12. The van der Waals surface area contributed by atoms with Gasteiger partial charge in [0.15, 0.2) is 5.82 Å². The number of thiophene rings is 1. The number of aromatic nitrogens is 5. The van der Waals surface area contributed by atoms with Gasteiger partial charge in [-0.2, -0.15) is 0 Å². The molecule has 4 aromatic heterocycles. The normalized spacial score (nSPS) is 11.2. The first-order chi connectivity index (χ1) is 19.6. The molecular formula is C32H24N6OS. The second kappa shape index (κ2) is 9.91. The van der Waals surface area contributed by atoms with E-state index in [2.05, 4.69) is 74.9 Å². The summed E-state index contributed by atoms with van der Waals surface area (Å²) in [5.74, 6) is 2.21. The minimum atomic E-state index is 0.706. The number of rotatable bonds is 6. The van der Waals surface area contributed by atoms with E-state index >= 15 is 0 Å². The molecule has 0 atom stereocenters. The van der Waals surface area contributed by atoms with Crippen LogP contribution in [0.1, 0.15) is 5.56 Å². The number of anilines is 2. The van der Waals surface area contributed by atoms with Gasteiger partial charge in [-0.05, 0) is 37.3 Å². The van der Waals surface area contributed by atoms with Crippen molar-refractivity contribution in [2.75, 3.05) is 5.32 Å². The maximum atomic E-state index is 6.29. The molecule has 8 heteroatoms. The van der Waals surface area contributed by atoms with Gasteiger partial charge in [0, 0.05) is 41.3 Å². The highest BCUT2D eigenvalue weighted by Gasteiger charge is 2.14. The van der Waals surface area contributed by atoms with Crippen LogP contribution in [0.4, 0.5) is 11.5 Å². The molecular weight excluding hydrogens is 516 g/mol. The van der Waals surface area contributed by atoms with Gasteiger partial charge in [-0.1, -0.05) is 54.1 Å². The Hall–Kier alpha value is -5.08. The lowest BCUT2D eigenvalue weighted by molar-refractivity contribution is 0.489. The first-order valence-corrected chi connectivity index (χ1v) is 13.7. The predicted molar refractivity (Wildman–Crippen MR) is 161 cm³/mol. The van der Waals surface area contributed by atoms with Crippen molar-refractivity contribution in [1.82, 2.24) is 24.7 Å². The lowest BCUT2D eigenvalue weighted by atomic mass is 10.0. The molecule has 194 valence electrons. The zero-order valence-electron chi connectivity index (χ0n) is 21.9. The van der Waals surface area contributed by atoms with E-state index in [-0.39, 0.29) is 0 Å². The number of aryl methyl sites for hydroxylation is 2. The fourth-order valence-electron chi connectivity index (χ4n) is 4.71. The molecule has 0 fully saturated rings. The van der Waals surface area contributed by atoms with Crippen LogP contribution >= 0.6 is 11.3 Å². The molecule has 0 bridgehead atoms. The monoisotopic (exact) mass is 540 g/mol. The highest BCUT2D eigenvalue weighted by molar-refractivity contribution is 7.22. The molecule has 7 aromatic rings. The maximum absolute atomic E-state index is 6.29. The highest BCUT2D eigenvalue weighted by atomic mass is 32.1. The first kappa shape index (κ1) is 24.0. The first-order valence-electron chi connectivity index (χ1n) is 12.8. The van der Waals surface area contributed by atoms with Gasteiger partial charge in [-0.3, -0.25) is 4.98 Å².